The number of sulfonamides is 1. The molecule has 0 saturated heterocycles. The van der Waals surface area contributed by atoms with Gasteiger partial charge in [-0.15, -0.1) is 0 Å². The lowest BCUT2D eigenvalue weighted by Gasteiger charge is -2.26. The number of hydrogen-bond donors (Lipinski definition) is 1. The quantitative estimate of drug-likeness (QED) is 0.412. The Bertz CT molecular complexity index is 1230. The fourth-order valence-corrected chi connectivity index (χ4v) is 5.25. The Hall–Kier alpha value is -2.54. The molecule has 174 valence electrons. The lowest BCUT2D eigenvalue weighted by Crippen LogP contribution is -2.41. The second kappa shape index (κ2) is 10.6. The highest BCUT2D eigenvalue weighted by Gasteiger charge is 2.29. The van der Waals surface area contributed by atoms with Gasteiger partial charge in [-0.3, -0.25) is 9.10 Å². The Balaban J connectivity index is 1.91. The van der Waals surface area contributed by atoms with Crippen LogP contribution in [0.2, 0.25) is 10.0 Å². The molecular formula is C25H26Cl2N2O3S. The zero-order valence-electron chi connectivity index (χ0n) is 18.7. The van der Waals surface area contributed by atoms with Crippen molar-refractivity contribution >= 4 is 44.8 Å². The van der Waals surface area contributed by atoms with Crippen molar-refractivity contribution in [3.63, 3.8) is 0 Å². The molecule has 0 heterocycles. The first-order chi connectivity index (χ1) is 15.6. The van der Waals surface area contributed by atoms with Crippen LogP contribution in [0.1, 0.15) is 36.6 Å². The Morgan fingerprint density at radius 3 is 2.24 bits per heavy atom. The average molecular weight is 505 g/mol. The molecule has 5 nitrogen and oxygen atoms in total. The number of amides is 1. The van der Waals surface area contributed by atoms with Crippen LogP contribution < -0.4 is 9.62 Å². The van der Waals surface area contributed by atoms with Gasteiger partial charge in [-0.25, -0.2) is 8.42 Å². The molecule has 0 fully saturated rings. The van der Waals surface area contributed by atoms with Gasteiger partial charge in [0.2, 0.25) is 5.91 Å². The fraction of sp³-hybridized carbons (Fsp3) is 0.240. The van der Waals surface area contributed by atoms with E-state index < -0.39 is 22.5 Å². The zero-order valence-corrected chi connectivity index (χ0v) is 21.0. The highest BCUT2D eigenvalue weighted by Crippen LogP contribution is 2.35. The molecule has 3 rings (SSSR count). The number of carbonyl (C=O) groups is 1. The van der Waals surface area contributed by atoms with Crippen LogP contribution in [0.4, 0.5) is 5.69 Å². The van der Waals surface area contributed by atoms with Gasteiger partial charge < -0.3 is 5.32 Å². The van der Waals surface area contributed by atoms with Gasteiger partial charge in [-0.2, -0.15) is 0 Å². The topological polar surface area (TPSA) is 66.5 Å². The van der Waals surface area contributed by atoms with Crippen molar-refractivity contribution in [2.75, 3.05) is 10.8 Å². The predicted octanol–water partition coefficient (Wildman–Crippen LogP) is 5.94. The van der Waals surface area contributed by atoms with Crippen LogP contribution in [0, 0.1) is 6.92 Å². The van der Waals surface area contributed by atoms with E-state index in [9.17, 15) is 13.2 Å². The number of benzene rings is 3. The van der Waals surface area contributed by atoms with Crippen LogP contribution in [-0.4, -0.2) is 20.9 Å². The molecule has 0 radical (unpaired) electrons. The van der Waals surface area contributed by atoms with E-state index in [0.717, 1.165) is 21.9 Å². The molecule has 33 heavy (non-hydrogen) atoms. The van der Waals surface area contributed by atoms with E-state index in [-0.39, 0.29) is 26.7 Å². The summed E-state index contributed by atoms with van der Waals surface area (Å²) in [6.45, 7) is 5.34. The third-order valence-corrected chi connectivity index (χ3v) is 7.94. The predicted molar refractivity (Wildman–Crippen MR) is 135 cm³/mol. The van der Waals surface area contributed by atoms with Crippen molar-refractivity contribution in [2.45, 2.75) is 38.1 Å². The van der Waals surface area contributed by atoms with Gasteiger partial charge in [0.15, 0.2) is 0 Å². The number of carbonyl (C=O) groups excluding carboxylic acids is 1. The van der Waals surface area contributed by atoms with E-state index >= 15 is 0 Å². The van der Waals surface area contributed by atoms with Gasteiger partial charge >= 0.3 is 0 Å². The standard InChI is InChI=1S/C25H26Cl2N2O3S/c1-4-19-10-12-20(13-11-19)18(3)28-24(30)16-29(23-7-5-6-22(26)25(23)27)33(31,32)21-14-8-17(2)9-15-21/h5-15,18H,4,16H2,1-3H3,(H,28,30)/t18-/m0/s1. The zero-order chi connectivity index (χ0) is 24.2. The van der Waals surface area contributed by atoms with Crippen LogP contribution in [0.25, 0.3) is 0 Å². The minimum atomic E-state index is -4.09. The Morgan fingerprint density at radius 1 is 1.00 bits per heavy atom. The van der Waals surface area contributed by atoms with Crippen molar-refractivity contribution in [2.24, 2.45) is 0 Å². The van der Waals surface area contributed by atoms with Crippen LogP contribution in [0.3, 0.4) is 0 Å². The number of aryl methyl sites for hydroxylation is 2. The smallest absolute Gasteiger partial charge is 0.264 e. The van der Waals surface area contributed by atoms with Gasteiger partial charge in [0, 0.05) is 0 Å². The van der Waals surface area contributed by atoms with Crippen LogP contribution in [0.5, 0.6) is 0 Å². The minimum Gasteiger partial charge on any atom is -0.348 e. The molecule has 1 N–H and O–H groups in total. The van der Waals surface area contributed by atoms with Crippen molar-refractivity contribution in [1.29, 1.82) is 0 Å². The van der Waals surface area contributed by atoms with Gasteiger partial charge in [0.1, 0.15) is 6.54 Å². The number of halogens is 2. The van der Waals surface area contributed by atoms with Gasteiger partial charge in [0.25, 0.3) is 10.0 Å². The van der Waals surface area contributed by atoms with Gasteiger partial charge in [0.05, 0.1) is 26.7 Å². The molecule has 8 heteroatoms. The number of nitrogens with zero attached hydrogens (tertiary/aromatic N) is 1. The number of hydrogen-bond acceptors (Lipinski definition) is 3. The molecule has 3 aromatic rings. The molecule has 0 bridgehead atoms. The Morgan fingerprint density at radius 2 is 1.64 bits per heavy atom. The number of anilines is 1. The second-order valence-electron chi connectivity index (χ2n) is 7.78. The molecule has 0 aliphatic rings. The number of rotatable bonds is 8. The van der Waals surface area contributed by atoms with Crippen LogP contribution >= 0.6 is 23.2 Å². The highest BCUT2D eigenvalue weighted by molar-refractivity contribution is 7.92. The fourth-order valence-electron chi connectivity index (χ4n) is 3.37. The van der Waals surface area contributed by atoms with Crippen molar-refractivity contribution < 1.29 is 13.2 Å². The van der Waals surface area contributed by atoms with E-state index in [1.54, 1.807) is 24.3 Å². The van der Waals surface area contributed by atoms with Crippen molar-refractivity contribution in [1.82, 2.24) is 5.32 Å². The van der Waals surface area contributed by atoms with Crippen molar-refractivity contribution in [3.8, 4) is 0 Å². The molecule has 0 aliphatic heterocycles. The maximum Gasteiger partial charge on any atom is 0.264 e. The monoisotopic (exact) mass is 504 g/mol. The van der Waals surface area contributed by atoms with Gasteiger partial charge in [-0.05, 0) is 55.7 Å². The van der Waals surface area contributed by atoms with E-state index in [2.05, 4.69) is 12.2 Å². The van der Waals surface area contributed by atoms with Crippen molar-refractivity contribution in [3.05, 3.63) is 93.5 Å². The first kappa shape index (κ1) is 25.1. The summed E-state index contributed by atoms with van der Waals surface area (Å²) in [4.78, 5) is 13.0. The maximum absolute atomic E-state index is 13.5. The lowest BCUT2D eigenvalue weighted by molar-refractivity contribution is -0.120. The highest BCUT2D eigenvalue weighted by atomic mass is 35.5. The van der Waals surface area contributed by atoms with E-state index in [1.165, 1.54) is 23.8 Å². The molecular weight excluding hydrogens is 479 g/mol. The SMILES string of the molecule is CCc1ccc([C@H](C)NC(=O)CN(c2cccc(Cl)c2Cl)S(=O)(=O)c2ccc(C)cc2)cc1. The summed E-state index contributed by atoms with van der Waals surface area (Å²) in [5.41, 5.74) is 3.18. The van der Waals surface area contributed by atoms with E-state index in [0.29, 0.717) is 0 Å². The van der Waals surface area contributed by atoms with E-state index in [4.69, 9.17) is 23.2 Å². The van der Waals surface area contributed by atoms with Crippen LogP contribution in [0.15, 0.2) is 71.6 Å². The molecule has 0 unspecified atom stereocenters. The molecule has 0 saturated carbocycles. The summed E-state index contributed by atoms with van der Waals surface area (Å²) in [5.74, 6) is -0.464. The summed E-state index contributed by atoms with van der Waals surface area (Å²) >= 11 is 12.5. The molecule has 1 amide bonds. The molecule has 3 aromatic carbocycles. The summed E-state index contributed by atoms with van der Waals surface area (Å²) in [5, 5.41) is 3.14. The molecule has 0 aliphatic carbocycles. The Kier molecular flexibility index (Phi) is 8.05. The third kappa shape index (κ3) is 5.88. The summed E-state index contributed by atoms with van der Waals surface area (Å²) in [6.07, 6.45) is 0.924. The summed E-state index contributed by atoms with van der Waals surface area (Å²) in [7, 11) is -4.09. The van der Waals surface area contributed by atoms with Gasteiger partial charge in [-0.1, -0.05) is 78.2 Å². The second-order valence-corrected chi connectivity index (χ2v) is 10.4. The summed E-state index contributed by atoms with van der Waals surface area (Å²) < 4.78 is 28.0. The minimum absolute atomic E-state index is 0.0557. The number of nitrogens with one attached hydrogen (secondary N) is 1. The maximum atomic E-state index is 13.5. The molecule has 0 aromatic heterocycles. The summed E-state index contributed by atoms with van der Waals surface area (Å²) in [6, 6.07) is 18.7. The lowest BCUT2D eigenvalue weighted by atomic mass is 10.1. The Labute approximate surface area is 205 Å². The normalized spacial score (nSPS) is 12.3. The van der Waals surface area contributed by atoms with E-state index in [1.807, 2.05) is 38.1 Å². The van der Waals surface area contributed by atoms with Crippen LogP contribution in [-0.2, 0) is 21.2 Å². The average Bonchev–Trinajstić information content (AvgIpc) is 2.79. The third-order valence-electron chi connectivity index (χ3n) is 5.36. The molecule has 0 spiro atoms. The largest absolute Gasteiger partial charge is 0.348 e. The first-order valence-electron chi connectivity index (χ1n) is 10.5. The first-order valence-corrected chi connectivity index (χ1v) is 12.7. The molecule has 1 atom stereocenters.